The van der Waals surface area contributed by atoms with Gasteiger partial charge < -0.3 is 15.5 Å². The van der Waals surface area contributed by atoms with E-state index in [9.17, 15) is 9.18 Å². The van der Waals surface area contributed by atoms with E-state index in [0.29, 0.717) is 6.54 Å². The summed E-state index contributed by atoms with van der Waals surface area (Å²) < 4.78 is 13.4. The number of hydrogen-bond donors (Lipinski definition) is 2. The maximum atomic E-state index is 13.4. The van der Waals surface area contributed by atoms with Crippen molar-refractivity contribution in [2.75, 3.05) is 25.0 Å². The second kappa shape index (κ2) is 6.02. The highest BCUT2D eigenvalue weighted by Crippen LogP contribution is 2.21. The number of hydrogen-bond acceptors (Lipinski definition) is 3. The lowest BCUT2D eigenvalue weighted by atomic mass is 10.2. The van der Waals surface area contributed by atoms with Crippen molar-refractivity contribution in [1.29, 1.82) is 0 Å². The lowest BCUT2D eigenvalue weighted by molar-refractivity contribution is -0.122. The normalized spacial score (nSPS) is 23.9. The van der Waals surface area contributed by atoms with Crippen LogP contribution in [0.25, 0.3) is 0 Å². The largest absolute Gasteiger partial charge is 0.358 e. The lowest BCUT2D eigenvalue weighted by Gasteiger charge is -2.30. The molecule has 1 aliphatic heterocycles. The number of nitrogens with zero attached hydrogens (tertiary/aromatic N) is 1. The van der Waals surface area contributed by atoms with Crippen molar-refractivity contribution in [2.24, 2.45) is 0 Å². The molecule has 1 heterocycles. The molecule has 2 N–H and O–H groups in total. The maximum absolute atomic E-state index is 13.4. The Morgan fingerprint density at radius 2 is 2.32 bits per heavy atom. The van der Waals surface area contributed by atoms with Gasteiger partial charge in [0, 0.05) is 24.8 Å². The van der Waals surface area contributed by atoms with Crippen LogP contribution in [0.1, 0.15) is 13.3 Å². The minimum Gasteiger partial charge on any atom is -0.358 e. The molecule has 2 rings (SSSR count). The molecule has 0 aromatic heterocycles. The number of carbonyl (C=O) groups excluding carboxylic acids is 1. The molecule has 1 fully saturated rings. The molecule has 2 atom stereocenters. The number of nitrogens with one attached hydrogen (secondary N) is 2. The summed E-state index contributed by atoms with van der Waals surface area (Å²) in [5.41, 5.74) is 0.754. The molecule has 1 saturated heterocycles. The molecule has 19 heavy (non-hydrogen) atoms. The van der Waals surface area contributed by atoms with Crippen molar-refractivity contribution in [3.05, 3.63) is 30.1 Å². The van der Waals surface area contributed by atoms with E-state index in [1.54, 1.807) is 6.07 Å². The number of halogens is 1. The van der Waals surface area contributed by atoms with Crippen LogP contribution in [-0.4, -0.2) is 38.1 Å². The van der Waals surface area contributed by atoms with Gasteiger partial charge in [0.25, 0.3) is 0 Å². The Bertz CT molecular complexity index is 452. The quantitative estimate of drug-likeness (QED) is 0.861. The lowest BCUT2D eigenvalue weighted by Crippen LogP contribution is -2.50. The molecule has 4 nitrogen and oxygen atoms in total. The number of amides is 1. The van der Waals surface area contributed by atoms with Gasteiger partial charge in [-0.05, 0) is 38.6 Å². The van der Waals surface area contributed by atoms with Gasteiger partial charge in [-0.1, -0.05) is 6.07 Å². The van der Waals surface area contributed by atoms with Crippen LogP contribution >= 0.6 is 0 Å². The zero-order chi connectivity index (χ0) is 13.8. The molecule has 5 heteroatoms. The van der Waals surface area contributed by atoms with Gasteiger partial charge in [-0.3, -0.25) is 4.79 Å². The zero-order valence-electron chi connectivity index (χ0n) is 11.3. The number of likely N-dealkylation sites (N-methyl/N-ethyl adjacent to an activating group) is 1. The van der Waals surface area contributed by atoms with Crippen molar-refractivity contribution in [1.82, 2.24) is 10.6 Å². The second-order valence-corrected chi connectivity index (χ2v) is 4.95. The van der Waals surface area contributed by atoms with Crippen LogP contribution in [0.2, 0.25) is 0 Å². The monoisotopic (exact) mass is 265 g/mol. The molecule has 1 amide bonds. The summed E-state index contributed by atoms with van der Waals surface area (Å²) in [4.78, 5) is 14.2. The van der Waals surface area contributed by atoms with E-state index >= 15 is 0 Å². The Hall–Kier alpha value is -1.62. The first kappa shape index (κ1) is 13.8. The molecule has 1 aromatic rings. The maximum Gasteiger partial charge on any atom is 0.244 e. The summed E-state index contributed by atoms with van der Waals surface area (Å²) in [7, 11) is 1.81. The number of benzene rings is 1. The highest BCUT2D eigenvalue weighted by Gasteiger charge is 2.29. The number of anilines is 1. The molecule has 1 aliphatic rings. The standard InChI is InChI=1S/C14H20FN3O/c1-10-6-7-18(12-5-3-4-11(15)8-12)13(9-16-2)14(19)17-10/h3-5,8,10,13,16H,6-7,9H2,1-2H3,(H,17,19). The summed E-state index contributed by atoms with van der Waals surface area (Å²) in [5.74, 6) is -0.290. The van der Waals surface area contributed by atoms with Gasteiger partial charge in [-0.2, -0.15) is 0 Å². The van der Waals surface area contributed by atoms with Crippen LogP contribution in [0.15, 0.2) is 24.3 Å². The van der Waals surface area contributed by atoms with Gasteiger partial charge in [-0.15, -0.1) is 0 Å². The first-order valence-electron chi connectivity index (χ1n) is 6.59. The van der Waals surface area contributed by atoms with Crippen molar-refractivity contribution >= 4 is 11.6 Å². The van der Waals surface area contributed by atoms with Gasteiger partial charge >= 0.3 is 0 Å². The van der Waals surface area contributed by atoms with Crippen molar-refractivity contribution in [3.8, 4) is 0 Å². The topological polar surface area (TPSA) is 44.4 Å². The van der Waals surface area contributed by atoms with E-state index in [0.717, 1.165) is 18.7 Å². The van der Waals surface area contributed by atoms with Crippen LogP contribution in [0, 0.1) is 5.82 Å². The van der Waals surface area contributed by atoms with Gasteiger partial charge in [0.2, 0.25) is 5.91 Å². The Morgan fingerprint density at radius 1 is 1.53 bits per heavy atom. The highest BCUT2D eigenvalue weighted by molar-refractivity contribution is 5.86. The average molecular weight is 265 g/mol. The fourth-order valence-electron chi connectivity index (χ4n) is 2.40. The van der Waals surface area contributed by atoms with Gasteiger partial charge in [0.1, 0.15) is 11.9 Å². The van der Waals surface area contributed by atoms with Crippen LogP contribution in [0.5, 0.6) is 0 Å². The molecule has 0 aliphatic carbocycles. The van der Waals surface area contributed by atoms with E-state index in [1.807, 2.05) is 24.9 Å². The summed E-state index contributed by atoms with van der Waals surface area (Å²) in [6.07, 6.45) is 0.850. The third-order valence-corrected chi connectivity index (χ3v) is 3.41. The third-order valence-electron chi connectivity index (χ3n) is 3.41. The zero-order valence-corrected chi connectivity index (χ0v) is 11.3. The van der Waals surface area contributed by atoms with Gasteiger partial charge in [0.05, 0.1) is 0 Å². The SMILES string of the molecule is CNCC1C(=O)NC(C)CCN1c1cccc(F)c1. The Morgan fingerprint density at radius 3 is 3.00 bits per heavy atom. The Kier molecular flexibility index (Phi) is 4.37. The predicted molar refractivity (Wildman–Crippen MR) is 73.7 cm³/mol. The first-order chi connectivity index (χ1) is 9.11. The number of carbonyl (C=O) groups is 1. The molecular formula is C14H20FN3O. The fraction of sp³-hybridized carbons (Fsp3) is 0.500. The van der Waals surface area contributed by atoms with E-state index in [-0.39, 0.29) is 23.8 Å². The van der Waals surface area contributed by atoms with Crippen LogP contribution in [-0.2, 0) is 4.79 Å². The molecule has 104 valence electrons. The fourth-order valence-corrected chi connectivity index (χ4v) is 2.40. The molecule has 0 bridgehead atoms. The van der Waals surface area contributed by atoms with Crippen LogP contribution in [0.4, 0.5) is 10.1 Å². The van der Waals surface area contributed by atoms with Crippen LogP contribution < -0.4 is 15.5 Å². The summed E-state index contributed by atoms with van der Waals surface area (Å²) in [5, 5.41) is 6.01. The summed E-state index contributed by atoms with van der Waals surface area (Å²) >= 11 is 0. The van der Waals surface area contributed by atoms with E-state index < -0.39 is 0 Å². The summed E-state index contributed by atoms with van der Waals surface area (Å²) in [6, 6.07) is 6.24. The molecule has 0 spiro atoms. The Labute approximate surface area is 113 Å². The molecule has 0 saturated carbocycles. The average Bonchev–Trinajstić information content (AvgIpc) is 2.50. The van der Waals surface area contributed by atoms with Crippen molar-refractivity contribution in [3.63, 3.8) is 0 Å². The molecule has 2 unspecified atom stereocenters. The number of rotatable bonds is 3. The smallest absolute Gasteiger partial charge is 0.244 e. The van der Waals surface area contributed by atoms with Gasteiger partial charge in [-0.25, -0.2) is 4.39 Å². The first-order valence-corrected chi connectivity index (χ1v) is 6.59. The second-order valence-electron chi connectivity index (χ2n) is 4.95. The van der Waals surface area contributed by atoms with Gasteiger partial charge in [0.15, 0.2) is 0 Å². The van der Waals surface area contributed by atoms with E-state index in [2.05, 4.69) is 10.6 Å². The summed E-state index contributed by atoms with van der Waals surface area (Å²) in [6.45, 7) is 3.26. The van der Waals surface area contributed by atoms with Crippen molar-refractivity contribution < 1.29 is 9.18 Å². The van der Waals surface area contributed by atoms with E-state index in [1.165, 1.54) is 12.1 Å². The Balaban J connectivity index is 2.30. The predicted octanol–water partition coefficient (Wildman–Crippen LogP) is 1.13. The molecule has 1 aromatic carbocycles. The van der Waals surface area contributed by atoms with Crippen LogP contribution in [0.3, 0.4) is 0 Å². The minimum absolute atomic E-state index is 0.0105. The highest BCUT2D eigenvalue weighted by atomic mass is 19.1. The minimum atomic E-state index is -0.309. The third kappa shape index (κ3) is 3.23. The van der Waals surface area contributed by atoms with Crippen molar-refractivity contribution in [2.45, 2.75) is 25.4 Å². The van der Waals surface area contributed by atoms with E-state index in [4.69, 9.17) is 0 Å². The molecule has 0 radical (unpaired) electrons. The molecular weight excluding hydrogens is 245 g/mol.